The first kappa shape index (κ1) is 17.0. The fraction of sp³-hybridized carbons (Fsp3) is 0.158. The Bertz CT molecular complexity index is 852. The molecule has 0 saturated heterocycles. The molecule has 0 fully saturated rings. The van der Waals surface area contributed by atoms with Crippen LogP contribution in [0.25, 0.3) is 0 Å². The quantitative estimate of drug-likeness (QED) is 0.627. The third kappa shape index (κ3) is 4.61. The number of hydrogen-bond acceptors (Lipinski definition) is 5. The first-order chi connectivity index (χ1) is 12.1. The first-order valence-corrected chi connectivity index (χ1v) is 8.38. The zero-order valence-corrected chi connectivity index (χ0v) is 14.8. The molecule has 0 saturated carbocycles. The zero-order valence-electron chi connectivity index (χ0n) is 14.1. The van der Waals surface area contributed by atoms with Gasteiger partial charge in [-0.1, -0.05) is 11.6 Å². The summed E-state index contributed by atoms with van der Waals surface area (Å²) in [6.45, 7) is 4.60. The van der Waals surface area contributed by atoms with Gasteiger partial charge in [-0.3, -0.25) is 0 Å². The lowest BCUT2D eigenvalue weighted by Gasteiger charge is -2.11. The molecule has 0 amide bonds. The number of nitrogens with zero attached hydrogens (tertiary/aromatic N) is 2. The van der Waals surface area contributed by atoms with Crippen LogP contribution in [0.2, 0.25) is 5.02 Å². The largest absolute Gasteiger partial charge is 0.494 e. The molecule has 0 spiro atoms. The van der Waals surface area contributed by atoms with E-state index in [-0.39, 0.29) is 0 Å². The second-order valence-electron chi connectivity index (χ2n) is 5.43. The minimum atomic E-state index is 0.515. The number of benzene rings is 2. The number of aryl methyl sites for hydroxylation is 1. The normalized spacial score (nSPS) is 10.4. The summed E-state index contributed by atoms with van der Waals surface area (Å²) in [6, 6.07) is 15.2. The third-order valence-electron chi connectivity index (χ3n) is 3.53. The van der Waals surface area contributed by atoms with Crippen molar-refractivity contribution < 1.29 is 4.74 Å². The molecule has 0 aliphatic carbocycles. The Morgan fingerprint density at radius 2 is 1.84 bits per heavy atom. The summed E-state index contributed by atoms with van der Waals surface area (Å²) in [6.07, 6.45) is 1.71. The number of halogens is 1. The van der Waals surface area contributed by atoms with Crippen molar-refractivity contribution in [3.63, 3.8) is 0 Å². The number of rotatable bonds is 6. The van der Waals surface area contributed by atoms with Gasteiger partial charge in [0.1, 0.15) is 11.6 Å². The van der Waals surface area contributed by atoms with Crippen LogP contribution in [0.4, 0.5) is 23.1 Å². The monoisotopic (exact) mass is 354 g/mol. The molecule has 3 aromatic rings. The van der Waals surface area contributed by atoms with Crippen LogP contribution in [0.5, 0.6) is 5.75 Å². The molecule has 3 rings (SSSR count). The van der Waals surface area contributed by atoms with Crippen LogP contribution >= 0.6 is 11.6 Å². The van der Waals surface area contributed by atoms with Crippen molar-refractivity contribution in [3.8, 4) is 5.75 Å². The summed E-state index contributed by atoms with van der Waals surface area (Å²) in [5.41, 5.74) is 2.87. The second kappa shape index (κ2) is 7.85. The van der Waals surface area contributed by atoms with Gasteiger partial charge in [-0.25, -0.2) is 4.98 Å². The predicted octanol–water partition coefficient (Wildman–Crippen LogP) is 5.32. The van der Waals surface area contributed by atoms with Gasteiger partial charge in [-0.15, -0.1) is 0 Å². The molecule has 6 heteroatoms. The van der Waals surface area contributed by atoms with Crippen molar-refractivity contribution in [1.82, 2.24) is 9.97 Å². The Morgan fingerprint density at radius 1 is 1.04 bits per heavy atom. The molecule has 0 unspecified atom stereocenters. The number of anilines is 4. The molecule has 0 bridgehead atoms. The maximum Gasteiger partial charge on any atom is 0.229 e. The summed E-state index contributed by atoms with van der Waals surface area (Å²) in [7, 11) is 0. The minimum Gasteiger partial charge on any atom is -0.494 e. The van der Waals surface area contributed by atoms with Crippen molar-refractivity contribution in [3.05, 3.63) is 65.3 Å². The molecular weight excluding hydrogens is 336 g/mol. The van der Waals surface area contributed by atoms with Gasteiger partial charge in [0.25, 0.3) is 0 Å². The van der Waals surface area contributed by atoms with Gasteiger partial charge in [-0.2, -0.15) is 4.98 Å². The molecular formula is C19H19ClN4O. The molecule has 1 heterocycles. The van der Waals surface area contributed by atoms with Crippen LogP contribution in [0, 0.1) is 6.92 Å². The lowest BCUT2D eigenvalue weighted by atomic mass is 10.2. The molecule has 1 aromatic heterocycles. The molecule has 0 atom stereocenters. The Kier molecular flexibility index (Phi) is 5.36. The van der Waals surface area contributed by atoms with Crippen LogP contribution in [-0.2, 0) is 0 Å². The molecule has 2 aromatic carbocycles. The van der Waals surface area contributed by atoms with E-state index in [9.17, 15) is 0 Å². The van der Waals surface area contributed by atoms with Crippen LogP contribution in [0.1, 0.15) is 12.5 Å². The highest BCUT2D eigenvalue weighted by atomic mass is 35.5. The summed E-state index contributed by atoms with van der Waals surface area (Å²) in [5, 5.41) is 7.17. The van der Waals surface area contributed by atoms with Crippen molar-refractivity contribution in [1.29, 1.82) is 0 Å². The van der Waals surface area contributed by atoms with Crippen LogP contribution in [0.15, 0.2) is 54.7 Å². The van der Waals surface area contributed by atoms with E-state index in [1.54, 1.807) is 6.20 Å². The van der Waals surface area contributed by atoms with Crippen molar-refractivity contribution in [2.45, 2.75) is 13.8 Å². The number of aromatic nitrogens is 2. The number of nitrogens with one attached hydrogen (secondary N) is 2. The van der Waals surface area contributed by atoms with Gasteiger partial charge in [0.05, 0.1) is 6.61 Å². The molecule has 5 nitrogen and oxygen atoms in total. The van der Waals surface area contributed by atoms with E-state index in [0.717, 1.165) is 22.7 Å². The van der Waals surface area contributed by atoms with Gasteiger partial charge in [-0.05, 0) is 67.9 Å². The average Bonchev–Trinajstić information content (AvgIpc) is 2.60. The van der Waals surface area contributed by atoms with Gasteiger partial charge >= 0.3 is 0 Å². The lowest BCUT2D eigenvalue weighted by Crippen LogP contribution is -2.01. The highest BCUT2D eigenvalue weighted by molar-refractivity contribution is 6.30. The van der Waals surface area contributed by atoms with E-state index in [2.05, 4.69) is 20.6 Å². The van der Waals surface area contributed by atoms with Gasteiger partial charge < -0.3 is 15.4 Å². The van der Waals surface area contributed by atoms with Crippen LogP contribution in [-0.4, -0.2) is 16.6 Å². The Balaban J connectivity index is 1.72. The Hall–Kier alpha value is -2.79. The molecule has 0 radical (unpaired) electrons. The summed E-state index contributed by atoms with van der Waals surface area (Å²) in [4.78, 5) is 8.75. The highest BCUT2D eigenvalue weighted by Crippen LogP contribution is 2.23. The van der Waals surface area contributed by atoms with E-state index in [4.69, 9.17) is 16.3 Å². The van der Waals surface area contributed by atoms with Crippen LogP contribution < -0.4 is 15.4 Å². The second-order valence-corrected chi connectivity index (χ2v) is 5.87. The Labute approximate surface area is 152 Å². The van der Waals surface area contributed by atoms with E-state index in [1.165, 1.54) is 0 Å². The van der Waals surface area contributed by atoms with E-state index in [1.807, 2.05) is 62.4 Å². The fourth-order valence-corrected chi connectivity index (χ4v) is 2.55. The average molecular weight is 355 g/mol. The molecule has 2 N–H and O–H groups in total. The van der Waals surface area contributed by atoms with E-state index >= 15 is 0 Å². The van der Waals surface area contributed by atoms with Crippen molar-refractivity contribution >= 4 is 34.7 Å². The number of ether oxygens (including phenoxy) is 1. The molecule has 0 aliphatic heterocycles. The summed E-state index contributed by atoms with van der Waals surface area (Å²) >= 11 is 5.99. The predicted molar refractivity (Wildman–Crippen MR) is 102 cm³/mol. The van der Waals surface area contributed by atoms with Crippen LogP contribution in [0.3, 0.4) is 0 Å². The van der Waals surface area contributed by atoms with Gasteiger partial charge in [0.15, 0.2) is 0 Å². The molecule has 0 aliphatic rings. The van der Waals surface area contributed by atoms with E-state index in [0.29, 0.717) is 23.4 Å². The minimum absolute atomic E-state index is 0.515. The Morgan fingerprint density at radius 3 is 2.56 bits per heavy atom. The standard InChI is InChI=1S/C19H19ClN4O/c1-3-25-16-7-5-15(6-8-16)22-18-10-11-21-19(24-18)23-17-9-4-14(20)12-13(17)2/h4-12H,3H2,1-2H3,(H2,21,22,23,24). The molecule has 128 valence electrons. The van der Waals surface area contributed by atoms with Gasteiger partial charge in [0, 0.05) is 22.6 Å². The first-order valence-electron chi connectivity index (χ1n) is 8.00. The maximum atomic E-state index is 5.99. The highest BCUT2D eigenvalue weighted by Gasteiger charge is 2.04. The van der Waals surface area contributed by atoms with Crippen molar-refractivity contribution in [2.24, 2.45) is 0 Å². The fourth-order valence-electron chi connectivity index (χ4n) is 2.33. The summed E-state index contributed by atoms with van der Waals surface area (Å²) in [5.74, 6) is 2.06. The smallest absolute Gasteiger partial charge is 0.229 e. The summed E-state index contributed by atoms with van der Waals surface area (Å²) < 4.78 is 5.44. The maximum absolute atomic E-state index is 5.99. The van der Waals surface area contributed by atoms with Gasteiger partial charge in [0.2, 0.25) is 5.95 Å². The topological polar surface area (TPSA) is 59.1 Å². The third-order valence-corrected chi connectivity index (χ3v) is 3.76. The number of hydrogen-bond donors (Lipinski definition) is 2. The molecule has 25 heavy (non-hydrogen) atoms. The zero-order chi connectivity index (χ0) is 17.6. The lowest BCUT2D eigenvalue weighted by molar-refractivity contribution is 0.340. The van der Waals surface area contributed by atoms with E-state index < -0.39 is 0 Å². The van der Waals surface area contributed by atoms with Crippen molar-refractivity contribution in [2.75, 3.05) is 17.2 Å². The SMILES string of the molecule is CCOc1ccc(Nc2ccnc(Nc3ccc(Cl)cc3C)n2)cc1.